The van der Waals surface area contributed by atoms with E-state index in [1.54, 1.807) is 7.11 Å². The summed E-state index contributed by atoms with van der Waals surface area (Å²) in [7, 11) is 1.64. The molecule has 1 aromatic rings. The fraction of sp³-hybridized carbons (Fsp3) is 0.733. The summed E-state index contributed by atoms with van der Waals surface area (Å²) in [5.74, 6) is 1.48. The van der Waals surface area contributed by atoms with Gasteiger partial charge in [-0.2, -0.15) is 4.98 Å². The normalized spacial score (nSPS) is 7.67. The summed E-state index contributed by atoms with van der Waals surface area (Å²) in [6, 6.07) is 0. The van der Waals surface area contributed by atoms with Crippen LogP contribution in [0.2, 0.25) is 0 Å². The van der Waals surface area contributed by atoms with E-state index in [2.05, 4.69) is 16.9 Å². The van der Waals surface area contributed by atoms with Gasteiger partial charge in [0.05, 0.1) is 7.11 Å². The molecule has 0 atom stereocenters. The van der Waals surface area contributed by atoms with Crippen molar-refractivity contribution in [1.29, 1.82) is 0 Å². The van der Waals surface area contributed by atoms with Crippen LogP contribution in [-0.2, 0) is 6.42 Å². The molecule has 0 aliphatic rings. The van der Waals surface area contributed by atoms with Gasteiger partial charge in [-0.25, -0.2) is 4.98 Å². The molecule has 3 nitrogen and oxygen atoms in total. The van der Waals surface area contributed by atoms with E-state index in [1.165, 1.54) is 0 Å². The van der Waals surface area contributed by atoms with Crippen molar-refractivity contribution >= 4 is 0 Å². The highest BCUT2D eigenvalue weighted by atomic mass is 16.5. The van der Waals surface area contributed by atoms with Gasteiger partial charge in [-0.3, -0.25) is 0 Å². The Labute approximate surface area is 114 Å². The zero-order valence-corrected chi connectivity index (χ0v) is 14.0. The Kier molecular flexibility index (Phi) is 19.5. The summed E-state index contributed by atoms with van der Waals surface area (Å²) < 4.78 is 5.15. The Morgan fingerprint density at radius 2 is 1.33 bits per heavy atom. The zero-order chi connectivity index (χ0) is 15.1. The molecule has 1 heterocycles. The summed E-state index contributed by atoms with van der Waals surface area (Å²) in [5.41, 5.74) is 2.12. The Bertz CT molecular complexity index is 286. The van der Waals surface area contributed by atoms with E-state index in [9.17, 15) is 0 Å². The highest BCUT2D eigenvalue weighted by Crippen LogP contribution is 2.18. The van der Waals surface area contributed by atoms with Crippen molar-refractivity contribution in [1.82, 2.24) is 9.97 Å². The van der Waals surface area contributed by atoms with Crippen LogP contribution in [0.25, 0.3) is 0 Å². The van der Waals surface area contributed by atoms with Gasteiger partial charge in [0.1, 0.15) is 5.82 Å². The summed E-state index contributed by atoms with van der Waals surface area (Å²) in [6.07, 6.45) is 0.912. The molecule has 0 fully saturated rings. The van der Waals surface area contributed by atoms with Crippen molar-refractivity contribution in [2.24, 2.45) is 0 Å². The summed E-state index contributed by atoms with van der Waals surface area (Å²) >= 11 is 0. The van der Waals surface area contributed by atoms with Crippen molar-refractivity contribution in [3.8, 4) is 5.88 Å². The first-order valence-electron chi connectivity index (χ1n) is 7.07. The average molecular weight is 256 g/mol. The maximum Gasteiger partial charge on any atom is 0.219 e. The van der Waals surface area contributed by atoms with Gasteiger partial charge in [0, 0.05) is 11.3 Å². The molecular formula is C15H32N2O. The number of methoxy groups -OCH3 is 1. The van der Waals surface area contributed by atoms with Gasteiger partial charge in [-0.1, -0.05) is 48.5 Å². The minimum atomic E-state index is 0.711. The van der Waals surface area contributed by atoms with Gasteiger partial charge in [0.2, 0.25) is 5.88 Å². The van der Waals surface area contributed by atoms with Gasteiger partial charge in [0.25, 0.3) is 0 Å². The minimum absolute atomic E-state index is 0.711. The van der Waals surface area contributed by atoms with Crippen LogP contribution < -0.4 is 4.74 Å². The monoisotopic (exact) mass is 256 g/mol. The molecule has 0 amide bonds. The van der Waals surface area contributed by atoms with Crippen LogP contribution >= 0.6 is 0 Å². The first-order chi connectivity index (χ1) is 8.69. The second-order valence-electron chi connectivity index (χ2n) is 2.70. The van der Waals surface area contributed by atoms with E-state index < -0.39 is 0 Å². The van der Waals surface area contributed by atoms with Gasteiger partial charge in [-0.05, 0) is 20.3 Å². The lowest BCUT2D eigenvalue weighted by Crippen LogP contribution is -2.02. The van der Waals surface area contributed by atoms with Gasteiger partial charge < -0.3 is 4.74 Å². The van der Waals surface area contributed by atoms with E-state index in [4.69, 9.17) is 4.74 Å². The van der Waals surface area contributed by atoms with Crippen LogP contribution in [0, 0.1) is 13.8 Å². The van der Waals surface area contributed by atoms with Crippen LogP contribution in [0.5, 0.6) is 5.88 Å². The van der Waals surface area contributed by atoms with Crippen molar-refractivity contribution in [2.45, 2.75) is 68.7 Å². The maximum absolute atomic E-state index is 5.15. The summed E-state index contributed by atoms with van der Waals surface area (Å²) in [5, 5.41) is 0. The van der Waals surface area contributed by atoms with E-state index in [0.29, 0.717) is 5.88 Å². The van der Waals surface area contributed by atoms with Crippen LogP contribution in [0.4, 0.5) is 0 Å². The molecule has 1 aromatic heterocycles. The van der Waals surface area contributed by atoms with Gasteiger partial charge in [0.15, 0.2) is 0 Å². The average Bonchev–Trinajstić information content (AvgIpc) is 2.44. The molecule has 3 heteroatoms. The first kappa shape index (κ1) is 22.1. The Hall–Kier alpha value is -1.12. The molecule has 0 aromatic carbocycles. The summed E-state index contributed by atoms with van der Waals surface area (Å²) in [6.45, 7) is 17.9. The molecule has 18 heavy (non-hydrogen) atoms. The molecule has 0 unspecified atom stereocenters. The molecule has 0 saturated heterocycles. The predicted molar refractivity (Wildman–Crippen MR) is 81.5 cm³/mol. The molecule has 0 aliphatic carbocycles. The number of rotatable bonds is 2. The Balaban J connectivity index is -0.000000328. The fourth-order valence-electron chi connectivity index (χ4n) is 1.28. The van der Waals surface area contributed by atoms with E-state index in [1.807, 2.05) is 55.4 Å². The van der Waals surface area contributed by atoms with Crippen molar-refractivity contribution in [3.63, 3.8) is 0 Å². The fourth-order valence-corrected chi connectivity index (χ4v) is 1.28. The second-order valence-corrected chi connectivity index (χ2v) is 2.70. The SMILES string of the molecule is CC.CC.CC.CCc1c(C)nc(C)nc1OC. The van der Waals surface area contributed by atoms with Gasteiger partial charge >= 0.3 is 0 Å². The third-order valence-corrected chi connectivity index (χ3v) is 1.83. The van der Waals surface area contributed by atoms with Crippen molar-refractivity contribution < 1.29 is 4.74 Å². The first-order valence-corrected chi connectivity index (χ1v) is 7.07. The molecule has 0 bridgehead atoms. The van der Waals surface area contributed by atoms with Crippen LogP contribution in [-0.4, -0.2) is 17.1 Å². The quantitative estimate of drug-likeness (QED) is 0.766. The second kappa shape index (κ2) is 15.9. The molecule has 0 saturated carbocycles. The molecule has 0 aliphatic heterocycles. The third-order valence-electron chi connectivity index (χ3n) is 1.83. The van der Waals surface area contributed by atoms with E-state index >= 15 is 0 Å². The van der Waals surface area contributed by atoms with Gasteiger partial charge in [-0.15, -0.1) is 0 Å². The maximum atomic E-state index is 5.15. The highest BCUT2D eigenvalue weighted by Gasteiger charge is 2.07. The molecule has 1 rings (SSSR count). The molecule has 0 radical (unpaired) electrons. The summed E-state index contributed by atoms with van der Waals surface area (Å²) in [4.78, 5) is 8.45. The predicted octanol–water partition coefficient (Wildman–Crippen LogP) is 4.74. The van der Waals surface area contributed by atoms with Crippen LogP contribution in [0.3, 0.4) is 0 Å². The topological polar surface area (TPSA) is 35.0 Å². The van der Waals surface area contributed by atoms with Crippen LogP contribution in [0.1, 0.15) is 65.5 Å². The molecule has 108 valence electrons. The number of nitrogens with zero attached hydrogens (tertiary/aromatic N) is 2. The van der Waals surface area contributed by atoms with E-state index in [-0.39, 0.29) is 0 Å². The largest absolute Gasteiger partial charge is 0.481 e. The van der Waals surface area contributed by atoms with E-state index in [0.717, 1.165) is 23.5 Å². The zero-order valence-electron chi connectivity index (χ0n) is 14.0. The minimum Gasteiger partial charge on any atom is -0.481 e. The number of hydrogen-bond donors (Lipinski definition) is 0. The lowest BCUT2D eigenvalue weighted by atomic mass is 10.2. The third kappa shape index (κ3) is 8.04. The van der Waals surface area contributed by atoms with Crippen molar-refractivity contribution in [2.75, 3.05) is 7.11 Å². The Morgan fingerprint density at radius 3 is 1.67 bits per heavy atom. The lowest BCUT2D eigenvalue weighted by molar-refractivity contribution is 0.389. The highest BCUT2D eigenvalue weighted by molar-refractivity contribution is 5.29. The number of aryl methyl sites for hydroxylation is 2. The number of aromatic nitrogens is 2. The number of ether oxygens (including phenoxy) is 1. The smallest absolute Gasteiger partial charge is 0.219 e. The molecule has 0 spiro atoms. The number of hydrogen-bond acceptors (Lipinski definition) is 3. The van der Waals surface area contributed by atoms with Crippen molar-refractivity contribution in [3.05, 3.63) is 17.1 Å². The lowest BCUT2D eigenvalue weighted by Gasteiger charge is -2.08. The molecular weight excluding hydrogens is 224 g/mol. The standard InChI is InChI=1S/C9H14N2O.3C2H6/c1-5-8-6(2)10-7(3)11-9(8)12-4;3*1-2/h5H2,1-4H3;3*1-2H3. The molecule has 0 N–H and O–H groups in total. The van der Waals surface area contributed by atoms with Crippen LogP contribution in [0.15, 0.2) is 0 Å². The Morgan fingerprint density at radius 1 is 0.889 bits per heavy atom.